The van der Waals surface area contributed by atoms with E-state index < -0.39 is 55.8 Å². The van der Waals surface area contributed by atoms with Gasteiger partial charge in [-0.15, -0.1) is 0 Å². The molecule has 0 spiro atoms. The first-order valence-corrected chi connectivity index (χ1v) is 15.4. The molecule has 3 aliphatic rings. The van der Waals surface area contributed by atoms with Gasteiger partial charge in [-0.2, -0.15) is 0 Å². The number of carbonyl (C=O) groups is 4. The molecule has 2 aromatic carbocycles. The zero-order valence-electron chi connectivity index (χ0n) is 25.0. The quantitative estimate of drug-likeness (QED) is 0.283. The molecule has 2 fully saturated rings. The molecule has 2 aliphatic heterocycles. The number of carboxylic acid groups (broad SMARTS) is 1. The highest BCUT2D eigenvalue weighted by molar-refractivity contribution is 6.01. The van der Waals surface area contributed by atoms with E-state index in [1.54, 1.807) is 17.0 Å². The standard InChI is InChI=1S/C33H35F3N4O6/c34-16-25(38-31(43)44)20-6-8-21(9-7-20)30(42)39-13-12-24(19-4-2-1-3-5-19)28(39)29(41)37-23-11-10-22-14-27-33(17-35,18-36)46-32(45)40(27)26(22)15-23/h1-5,10-11,14-15,20-21,24-25,28,38H,6-9,12-13,16-18H2,(H,37,41)(H,43,44)/t20?,21?,24-,25+,28-/m0/s1. The van der Waals surface area contributed by atoms with Crippen molar-refractivity contribution in [1.29, 1.82) is 0 Å². The fourth-order valence-electron chi connectivity index (χ4n) is 7.38. The molecule has 3 N–H and O–H groups in total. The van der Waals surface area contributed by atoms with E-state index in [1.807, 2.05) is 30.3 Å². The maximum Gasteiger partial charge on any atom is 0.419 e. The summed E-state index contributed by atoms with van der Waals surface area (Å²) in [6, 6.07) is 14.1. The summed E-state index contributed by atoms with van der Waals surface area (Å²) in [5.74, 6) is -1.49. The Hall–Kier alpha value is -4.55. The van der Waals surface area contributed by atoms with Crippen molar-refractivity contribution in [3.63, 3.8) is 0 Å². The number of rotatable bonds is 9. The topological polar surface area (TPSA) is 130 Å². The van der Waals surface area contributed by atoms with Crippen LogP contribution in [0.3, 0.4) is 0 Å². The van der Waals surface area contributed by atoms with Crippen LogP contribution in [0.2, 0.25) is 0 Å². The van der Waals surface area contributed by atoms with E-state index in [2.05, 4.69) is 10.6 Å². The number of nitrogens with one attached hydrogen (secondary N) is 2. The molecule has 244 valence electrons. The number of benzene rings is 2. The molecule has 3 atom stereocenters. The molecule has 13 heteroatoms. The Kier molecular flexibility index (Phi) is 8.67. The maximum absolute atomic E-state index is 14.0. The van der Waals surface area contributed by atoms with Crippen LogP contribution in [0, 0.1) is 11.8 Å². The molecule has 46 heavy (non-hydrogen) atoms. The molecule has 3 amide bonds. The van der Waals surface area contributed by atoms with Gasteiger partial charge in [0.05, 0.1) is 17.3 Å². The van der Waals surface area contributed by atoms with Gasteiger partial charge in [0.15, 0.2) is 0 Å². The third-order valence-corrected chi connectivity index (χ3v) is 9.78. The second kappa shape index (κ2) is 12.7. The highest BCUT2D eigenvalue weighted by Gasteiger charge is 2.48. The number of nitrogens with zero attached hydrogens (tertiary/aromatic N) is 2. The van der Waals surface area contributed by atoms with Gasteiger partial charge >= 0.3 is 12.2 Å². The van der Waals surface area contributed by atoms with Crippen LogP contribution in [0.1, 0.15) is 49.3 Å². The number of hydrogen-bond donors (Lipinski definition) is 3. The first kappa shape index (κ1) is 31.4. The van der Waals surface area contributed by atoms with E-state index in [4.69, 9.17) is 9.84 Å². The molecule has 0 radical (unpaired) electrons. The Morgan fingerprint density at radius 1 is 0.978 bits per heavy atom. The third-order valence-electron chi connectivity index (χ3n) is 9.78. The Morgan fingerprint density at radius 2 is 1.70 bits per heavy atom. The summed E-state index contributed by atoms with van der Waals surface area (Å²) in [6.45, 7) is -2.91. The van der Waals surface area contributed by atoms with Crippen molar-refractivity contribution in [3.05, 3.63) is 65.9 Å². The van der Waals surface area contributed by atoms with Crippen molar-refractivity contribution in [1.82, 2.24) is 14.8 Å². The Balaban J connectivity index is 1.24. The van der Waals surface area contributed by atoms with E-state index in [0.29, 0.717) is 55.2 Å². The average molecular weight is 641 g/mol. The zero-order valence-corrected chi connectivity index (χ0v) is 25.0. The number of amides is 3. The summed E-state index contributed by atoms with van der Waals surface area (Å²) in [4.78, 5) is 53.3. The highest BCUT2D eigenvalue weighted by atomic mass is 19.1. The molecule has 3 aromatic rings. The van der Waals surface area contributed by atoms with Gasteiger partial charge < -0.3 is 25.4 Å². The van der Waals surface area contributed by atoms with Gasteiger partial charge in [0, 0.05) is 29.5 Å². The van der Waals surface area contributed by atoms with Gasteiger partial charge in [-0.3, -0.25) is 9.59 Å². The largest absolute Gasteiger partial charge is 0.465 e. The van der Waals surface area contributed by atoms with Crippen LogP contribution in [0.25, 0.3) is 10.9 Å². The van der Waals surface area contributed by atoms with Crippen LogP contribution in [0.4, 0.5) is 28.4 Å². The van der Waals surface area contributed by atoms with Gasteiger partial charge in [0.1, 0.15) is 26.1 Å². The molecule has 1 saturated heterocycles. The molecule has 6 rings (SSSR count). The normalized spacial score (nSPS) is 24.3. The van der Waals surface area contributed by atoms with Crippen LogP contribution in [0.15, 0.2) is 54.6 Å². The molecule has 0 unspecified atom stereocenters. The van der Waals surface area contributed by atoms with Gasteiger partial charge in [0.25, 0.3) is 0 Å². The number of hydrogen-bond acceptors (Lipinski definition) is 5. The van der Waals surface area contributed by atoms with E-state index >= 15 is 0 Å². The Bertz CT molecular complexity index is 1640. The lowest BCUT2D eigenvalue weighted by Crippen LogP contribution is -2.49. The Morgan fingerprint density at radius 3 is 2.35 bits per heavy atom. The van der Waals surface area contributed by atoms with E-state index in [-0.39, 0.29) is 29.4 Å². The Labute approximate surface area is 262 Å². The van der Waals surface area contributed by atoms with Crippen LogP contribution in [-0.4, -0.2) is 77.2 Å². The molecule has 1 saturated carbocycles. The predicted octanol–water partition coefficient (Wildman–Crippen LogP) is 5.51. The van der Waals surface area contributed by atoms with Crippen molar-refractivity contribution in [2.45, 2.75) is 55.7 Å². The monoisotopic (exact) mass is 640 g/mol. The minimum atomic E-state index is -2.01. The summed E-state index contributed by atoms with van der Waals surface area (Å²) in [5.41, 5.74) is -0.390. The van der Waals surface area contributed by atoms with Crippen LogP contribution in [0.5, 0.6) is 0 Å². The molecule has 10 nitrogen and oxygen atoms in total. The maximum atomic E-state index is 14.0. The van der Waals surface area contributed by atoms with Gasteiger partial charge in [-0.05, 0) is 61.8 Å². The molecular weight excluding hydrogens is 605 g/mol. The number of carbonyl (C=O) groups excluding carboxylic acids is 3. The smallest absolute Gasteiger partial charge is 0.419 e. The summed E-state index contributed by atoms with van der Waals surface area (Å²) in [5, 5.41) is 14.7. The zero-order chi connectivity index (χ0) is 32.6. The molecule has 1 aromatic heterocycles. The third kappa shape index (κ3) is 5.56. The fraction of sp³-hybridized carbons (Fsp3) is 0.455. The van der Waals surface area contributed by atoms with Gasteiger partial charge in [0.2, 0.25) is 17.4 Å². The molecular formula is C33H35F3N4O6. The average Bonchev–Trinajstić information content (AvgIpc) is 3.76. The first-order valence-electron chi connectivity index (χ1n) is 15.4. The molecule has 3 heterocycles. The summed E-state index contributed by atoms with van der Waals surface area (Å²) >= 11 is 0. The van der Waals surface area contributed by atoms with Crippen molar-refractivity contribution < 1.29 is 42.2 Å². The van der Waals surface area contributed by atoms with Crippen LogP contribution < -0.4 is 10.6 Å². The number of aromatic nitrogens is 1. The van der Waals surface area contributed by atoms with E-state index in [1.165, 1.54) is 12.1 Å². The first-order chi connectivity index (χ1) is 22.2. The van der Waals surface area contributed by atoms with E-state index in [9.17, 15) is 32.3 Å². The fourth-order valence-corrected chi connectivity index (χ4v) is 7.38. The SMILES string of the molecule is O=C(O)N[C@H](CF)C1CCC(C(=O)N2CC[C@@H](c3ccccc3)[C@H]2C(=O)Nc2ccc3cc4n(c3c2)C(=O)OC4(CF)CF)CC1. The number of likely N-dealkylation sites (tertiary alicyclic amines) is 1. The minimum Gasteiger partial charge on any atom is -0.465 e. The number of cyclic esters (lactones) is 1. The number of halogens is 3. The lowest BCUT2D eigenvalue weighted by atomic mass is 9.78. The summed E-state index contributed by atoms with van der Waals surface area (Å²) in [7, 11) is 0. The number of alkyl halides is 3. The number of fused-ring (bicyclic) bond motifs is 3. The predicted molar refractivity (Wildman–Crippen MR) is 162 cm³/mol. The van der Waals surface area contributed by atoms with Crippen LogP contribution in [-0.2, 0) is 19.9 Å². The highest BCUT2D eigenvalue weighted by Crippen LogP contribution is 2.41. The van der Waals surface area contributed by atoms with Crippen molar-refractivity contribution in [2.24, 2.45) is 11.8 Å². The minimum absolute atomic E-state index is 0.0592. The lowest BCUT2D eigenvalue weighted by Gasteiger charge is -2.35. The number of anilines is 1. The lowest BCUT2D eigenvalue weighted by molar-refractivity contribution is -0.141. The van der Waals surface area contributed by atoms with Crippen molar-refractivity contribution >= 4 is 40.6 Å². The van der Waals surface area contributed by atoms with Gasteiger partial charge in [-0.1, -0.05) is 36.4 Å². The second-order valence-electron chi connectivity index (χ2n) is 12.4. The summed E-state index contributed by atoms with van der Waals surface area (Å²) < 4.78 is 47.4. The van der Waals surface area contributed by atoms with Crippen LogP contribution >= 0.6 is 0 Å². The van der Waals surface area contributed by atoms with Crippen molar-refractivity contribution in [2.75, 3.05) is 31.9 Å². The molecule has 1 aliphatic carbocycles. The van der Waals surface area contributed by atoms with Gasteiger partial charge in [-0.25, -0.2) is 27.3 Å². The van der Waals surface area contributed by atoms with Crippen molar-refractivity contribution in [3.8, 4) is 0 Å². The second-order valence-corrected chi connectivity index (χ2v) is 12.4. The van der Waals surface area contributed by atoms with E-state index in [0.717, 1.165) is 10.1 Å². The number of ether oxygens (including phenoxy) is 1. The molecule has 0 bridgehead atoms. The summed E-state index contributed by atoms with van der Waals surface area (Å²) in [6.07, 6.45) is 0.226.